The van der Waals surface area contributed by atoms with E-state index >= 15 is 0 Å². The van der Waals surface area contributed by atoms with Crippen LogP contribution in [0.5, 0.6) is 0 Å². The van der Waals surface area contributed by atoms with Crippen LogP contribution in [0.3, 0.4) is 0 Å². The molecule has 0 saturated carbocycles. The van der Waals surface area contributed by atoms with E-state index in [2.05, 4.69) is 84.9 Å². The highest BCUT2D eigenvalue weighted by Crippen LogP contribution is 2.37. The number of hydrogen-bond donors (Lipinski definition) is 0. The number of nitrogens with zero attached hydrogens (tertiary/aromatic N) is 3. The van der Waals surface area contributed by atoms with Crippen molar-refractivity contribution in [2.75, 3.05) is 0 Å². The number of furan rings is 1. The first-order valence-corrected chi connectivity index (χ1v) is 15.0. The zero-order valence-corrected chi connectivity index (χ0v) is 24.2. The van der Waals surface area contributed by atoms with Crippen molar-refractivity contribution in [3.05, 3.63) is 152 Å². The van der Waals surface area contributed by atoms with Crippen LogP contribution in [0.1, 0.15) is 0 Å². The minimum Gasteiger partial charge on any atom is -0.456 e. The molecule has 4 heteroatoms. The molecular weight excluding hydrogens is 550 g/mol. The van der Waals surface area contributed by atoms with Crippen LogP contribution in [-0.2, 0) is 0 Å². The van der Waals surface area contributed by atoms with Crippen LogP contribution >= 0.6 is 0 Å². The second-order valence-corrected chi connectivity index (χ2v) is 11.3. The Hall–Kier alpha value is -6.13. The van der Waals surface area contributed by atoms with Crippen molar-refractivity contribution in [1.82, 2.24) is 15.0 Å². The Morgan fingerprint density at radius 2 is 0.933 bits per heavy atom. The molecule has 9 aromatic rings. The monoisotopic (exact) mass is 575 g/mol. The lowest BCUT2D eigenvalue weighted by molar-refractivity contribution is 0.669. The molecule has 0 amide bonds. The molecule has 0 N–H and O–H groups in total. The molecule has 0 aliphatic carbocycles. The van der Waals surface area contributed by atoms with Crippen LogP contribution in [0.25, 0.3) is 88.8 Å². The van der Waals surface area contributed by atoms with Crippen LogP contribution in [-0.4, -0.2) is 15.0 Å². The molecule has 7 aromatic carbocycles. The number of benzene rings is 7. The lowest BCUT2D eigenvalue weighted by Gasteiger charge is -2.13. The third-order valence-electron chi connectivity index (χ3n) is 8.51. The van der Waals surface area contributed by atoms with Gasteiger partial charge in [-0.1, -0.05) is 115 Å². The van der Waals surface area contributed by atoms with Crippen LogP contribution in [0.15, 0.2) is 156 Å². The predicted octanol–water partition coefficient (Wildman–Crippen LogP) is 10.7. The molecule has 2 heterocycles. The van der Waals surface area contributed by atoms with Gasteiger partial charge < -0.3 is 4.42 Å². The molecule has 0 unspecified atom stereocenters. The summed E-state index contributed by atoms with van der Waals surface area (Å²) in [7, 11) is 0. The van der Waals surface area contributed by atoms with Gasteiger partial charge in [-0.2, -0.15) is 0 Å². The van der Waals surface area contributed by atoms with Gasteiger partial charge in [0.25, 0.3) is 0 Å². The van der Waals surface area contributed by atoms with Gasteiger partial charge in [0, 0.05) is 27.5 Å². The Morgan fingerprint density at radius 1 is 0.333 bits per heavy atom. The van der Waals surface area contributed by atoms with E-state index in [1.165, 1.54) is 21.9 Å². The lowest BCUT2D eigenvalue weighted by atomic mass is 9.94. The second kappa shape index (κ2) is 10.2. The minimum atomic E-state index is 0.619. The quantitative estimate of drug-likeness (QED) is 0.196. The van der Waals surface area contributed by atoms with Crippen molar-refractivity contribution in [2.45, 2.75) is 0 Å². The summed E-state index contributed by atoms with van der Waals surface area (Å²) in [6.45, 7) is 0. The molecule has 4 nitrogen and oxygen atoms in total. The number of para-hydroxylation sites is 1. The van der Waals surface area contributed by atoms with Gasteiger partial charge in [-0.25, -0.2) is 15.0 Å². The van der Waals surface area contributed by atoms with Crippen molar-refractivity contribution < 1.29 is 4.42 Å². The largest absolute Gasteiger partial charge is 0.456 e. The third kappa shape index (κ3) is 4.35. The maximum absolute atomic E-state index is 6.11. The molecular formula is C41H25N3O. The maximum atomic E-state index is 6.11. The molecule has 0 saturated heterocycles. The van der Waals surface area contributed by atoms with Gasteiger partial charge in [-0.05, 0) is 69.1 Å². The van der Waals surface area contributed by atoms with Gasteiger partial charge >= 0.3 is 0 Å². The molecule has 210 valence electrons. The average molecular weight is 576 g/mol. The van der Waals surface area contributed by atoms with Crippen molar-refractivity contribution in [3.63, 3.8) is 0 Å². The van der Waals surface area contributed by atoms with Gasteiger partial charge in [0.15, 0.2) is 17.5 Å². The SMILES string of the molecule is c1ccc(-c2ccc3c(c2)cc(-c2nc(-c4ccccc4)nc(-c4ccc5oc6ccccc6c5c4)n2)c2ccccc23)cc1. The summed E-state index contributed by atoms with van der Waals surface area (Å²) >= 11 is 0. The second-order valence-electron chi connectivity index (χ2n) is 11.3. The Labute approximate surface area is 259 Å². The zero-order valence-electron chi connectivity index (χ0n) is 24.2. The Kier molecular flexibility index (Phi) is 5.78. The summed E-state index contributed by atoms with van der Waals surface area (Å²) in [5, 5.41) is 6.71. The highest BCUT2D eigenvalue weighted by Gasteiger charge is 2.17. The maximum Gasteiger partial charge on any atom is 0.164 e. The Morgan fingerprint density at radius 3 is 1.73 bits per heavy atom. The van der Waals surface area contributed by atoms with Crippen molar-refractivity contribution >= 4 is 43.5 Å². The summed E-state index contributed by atoms with van der Waals surface area (Å²) in [6.07, 6.45) is 0. The molecule has 0 aliphatic rings. The molecule has 2 aromatic heterocycles. The van der Waals surface area contributed by atoms with Crippen molar-refractivity contribution in [1.29, 1.82) is 0 Å². The van der Waals surface area contributed by atoms with Crippen LogP contribution in [0.4, 0.5) is 0 Å². The molecule has 9 rings (SSSR count). The first kappa shape index (κ1) is 25.4. The van der Waals surface area contributed by atoms with Gasteiger partial charge in [0.1, 0.15) is 11.2 Å². The van der Waals surface area contributed by atoms with E-state index in [0.717, 1.165) is 49.4 Å². The van der Waals surface area contributed by atoms with E-state index < -0.39 is 0 Å². The number of rotatable bonds is 4. The van der Waals surface area contributed by atoms with E-state index in [0.29, 0.717) is 17.5 Å². The van der Waals surface area contributed by atoms with Crippen molar-refractivity contribution in [2.24, 2.45) is 0 Å². The lowest BCUT2D eigenvalue weighted by Crippen LogP contribution is -2.00. The van der Waals surface area contributed by atoms with E-state index in [4.69, 9.17) is 19.4 Å². The standard InChI is InChI=1S/C41H25N3O/c1-3-11-26(12-4-1)28-19-21-31-30(23-28)25-36(33-16-8-7-15-32(31)33)41-43-39(27-13-5-2-6-14-27)42-40(44-41)29-20-22-38-35(24-29)34-17-9-10-18-37(34)45-38/h1-25H. The summed E-state index contributed by atoms with van der Waals surface area (Å²) in [6, 6.07) is 52.3. The summed E-state index contributed by atoms with van der Waals surface area (Å²) < 4.78 is 6.11. The average Bonchev–Trinajstić information content (AvgIpc) is 3.49. The van der Waals surface area contributed by atoms with Gasteiger partial charge in [0.05, 0.1) is 0 Å². The highest BCUT2D eigenvalue weighted by molar-refractivity contribution is 6.14. The smallest absolute Gasteiger partial charge is 0.164 e. The van der Waals surface area contributed by atoms with Gasteiger partial charge in [-0.3, -0.25) is 0 Å². The molecule has 45 heavy (non-hydrogen) atoms. The normalized spacial score (nSPS) is 11.6. The third-order valence-corrected chi connectivity index (χ3v) is 8.51. The predicted molar refractivity (Wildman–Crippen MR) is 184 cm³/mol. The van der Waals surface area contributed by atoms with E-state index in [1.807, 2.05) is 66.7 Å². The fourth-order valence-corrected chi connectivity index (χ4v) is 6.32. The Balaban J connectivity index is 1.30. The van der Waals surface area contributed by atoms with Crippen LogP contribution in [0.2, 0.25) is 0 Å². The fourth-order valence-electron chi connectivity index (χ4n) is 6.32. The summed E-state index contributed by atoms with van der Waals surface area (Å²) in [4.78, 5) is 15.3. The summed E-state index contributed by atoms with van der Waals surface area (Å²) in [5.41, 5.74) is 6.88. The Bertz CT molecular complexity index is 2540. The molecule has 0 bridgehead atoms. The summed E-state index contributed by atoms with van der Waals surface area (Å²) in [5.74, 6) is 1.89. The van der Waals surface area contributed by atoms with Gasteiger partial charge in [0.2, 0.25) is 0 Å². The molecule has 0 aliphatic heterocycles. The first-order chi connectivity index (χ1) is 22.3. The fraction of sp³-hybridized carbons (Fsp3) is 0. The molecule has 0 radical (unpaired) electrons. The zero-order chi connectivity index (χ0) is 29.7. The van der Waals surface area contributed by atoms with Crippen LogP contribution < -0.4 is 0 Å². The van der Waals surface area contributed by atoms with Crippen LogP contribution in [0, 0.1) is 0 Å². The van der Waals surface area contributed by atoms with Gasteiger partial charge in [-0.15, -0.1) is 0 Å². The topological polar surface area (TPSA) is 51.8 Å². The van der Waals surface area contributed by atoms with E-state index in [-0.39, 0.29) is 0 Å². The molecule has 0 spiro atoms. The van der Waals surface area contributed by atoms with E-state index in [9.17, 15) is 0 Å². The number of aromatic nitrogens is 3. The molecule has 0 fully saturated rings. The minimum absolute atomic E-state index is 0.619. The number of fused-ring (bicyclic) bond motifs is 6. The number of hydrogen-bond acceptors (Lipinski definition) is 4. The van der Waals surface area contributed by atoms with Crippen molar-refractivity contribution in [3.8, 4) is 45.3 Å². The first-order valence-electron chi connectivity index (χ1n) is 15.0. The highest BCUT2D eigenvalue weighted by atomic mass is 16.3. The van der Waals surface area contributed by atoms with E-state index in [1.54, 1.807) is 0 Å². The molecule has 0 atom stereocenters.